The average Bonchev–Trinajstić information content (AvgIpc) is 2.65. The van der Waals surface area contributed by atoms with Crippen LogP contribution in [0.5, 0.6) is 5.75 Å². The van der Waals surface area contributed by atoms with E-state index in [4.69, 9.17) is 9.47 Å². The van der Waals surface area contributed by atoms with Gasteiger partial charge in [0.15, 0.2) is 6.10 Å². The normalized spacial score (nSPS) is 13.3. The zero-order chi connectivity index (χ0) is 22.6. The standard InChI is InChI=1S/C24H27FO5/c1-14(2)22(26)29-18-11-12-19(20(25)13-18)16-7-9-17(10-8-16)21(24(5,6)28)30-23(27)15(3)4/h7-13,21-22,26,28H,1,3H2,2,4-6H3. The molecule has 0 saturated carbocycles. The number of carbonyl (C=O) groups is 1. The maximum Gasteiger partial charge on any atom is 0.333 e. The minimum atomic E-state index is -1.33. The van der Waals surface area contributed by atoms with Crippen LogP contribution in [0.15, 0.2) is 66.8 Å². The molecule has 2 rings (SSSR count). The highest BCUT2D eigenvalue weighted by Crippen LogP contribution is 2.33. The molecule has 0 bridgehead atoms. The lowest BCUT2D eigenvalue weighted by Crippen LogP contribution is -2.32. The van der Waals surface area contributed by atoms with E-state index in [0.717, 1.165) is 0 Å². The van der Waals surface area contributed by atoms with E-state index in [2.05, 4.69) is 13.2 Å². The number of rotatable bonds is 8. The Bertz CT molecular complexity index is 941. The van der Waals surface area contributed by atoms with E-state index in [0.29, 0.717) is 22.3 Å². The van der Waals surface area contributed by atoms with Gasteiger partial charge < -0.3 is 19.7 Å². The fourth-order valence-electron chi connectivity index (χ4n) is 2.70. The Morgan fingerprint density at radius 2 is 1.70 bits per heavy atom. The van der Waals surface area contributed by atoms with Gasteiger partial charge in [-0.05, 0) is 56.5 Å². The predicted molar refractivity (Wildman–Crippen MR) is 113 cm³/mol. The van der Waals surface area contributed by atoms with Gasteiger partial charge in [-0.3, -0.25) is 0 Å². The third kappa shape index (κ3) is 5.78. The van der Waals surface area contributed by atoms with Crippen LogP contribution >= 0.6 is 0 Å². The van der Waals surface area contributed by atoms with E-state index >= 15 is 0 Å². The molecule has 160 valence electrons. The Labute approximate surface area is 176 Å². The highest BCUT2D eigenvalue weighted by atomic mass is 19.1. The number of benzene rings is 2. The first-order chi connectivity index (χ1) is 13.9. The van der Waals surface area contributed by atoms with Crippen LogP contribution in [0.2, 0.25) is 0 Å². The highest BCUT2D eigenvalue weighted by Gasteiger charge is 2.32. The number of aliphatic hydroxyl groups excluding tert-OH is 1. The van der Waals surface area contributed by atoms with E-state index in [1.807, 2.05) is 0 Å². The fraction of sp³-hybridized carbons (Fsp3) is 0.292. The first-order valence-electron chi connectivity index (χ1n) is 9.39. The topological polar surface area (TPSA) is 76.0 Å². The van der Waals surface area contributed by atoms with E-state index in [1.54, 1.807) is 43.3 Å². The Morgan fingerprint density at radius 1 is 1.10 bits per heavy atom. The Hall–Kier alpha value is -2.96. The second kappa shape index (κ2) is 9.24. The molecule has 0 radical (unpaired) electrons. The number of hydrogen-bond donors (Lipinski definition) is 2. The third-order valence-electron chi connectivity index (χ3n) is 4.35. The number of hydrogen-bond acceptors (Lipinski definition) is 5. The molecule has 2 atom stereocenters. The smallest absolute Gasteiger partial charge is 0.333 e. The van der Waals surface area contributed by atoms with Crippen LogP contribution < -0.4 is 4.74 Å². The lowest BCUT2D eigenvalue weighted by molar-refractivity contribution is -0.158. The summed E-state index contributed by atoms with van der Waals surface area (Å²) < 4.78 is 25.2. The predicted octanol–water partition coefficient (Wildman–Crippen LogP) is 4.70. The second-order valence-electron chi connectivity index (χ2n) is 7.80. The van der Waals surface area contributed by atoms with Gasteiger partial charge in [-0.1, -0.05) is 37.4 Å². The number of aliphatic hydroxyl groups is 2. The maximum absolute atomic E-state index is 14.6. The number of carbonyl (C=O) groups excluding carboxylic acids is 1. The van der Waals surface area contributed by atoms with E-state index in [1.165, 1.54) is 26.8 Å². The van der Waals surface area contributed by atoms with Gasteiger partial charge in [0.25, 0.3) is 0 Å². The van der Waals surface area contributed by atoms with E-state index in [9.17, 15) is 19.4 Å². The van der Waals surface area contributed by atoms with Crippen molar-refractivity contribution in [3.8, 4) is 16.9 Å². The van der Waals surface area contributed by atoms with Crippen LogP contribution in [-0.2, 0) is 9.53 Å². The molecule has 0 aromatic heterocycles. The van der Waals surface area contributed by atoms with Gasteiger partial charge >= 0.3 is 5.97 Å². The van der Waals surface area contributed by atoms with Gasteiger partial charge in [0, 0.05) is 17.2 Å². The molecule has 2 unspecified atom stereocenters. The van der Waals surface area contributed by atoms with Crippen LogP contribution in [0, 0.1) is 5.82 Å². The molecule has 0 heterocycles. The number of halogens is 1. The summed E-state index contributed by atoms with van der Waals surface area (Å²) in [4.78, 5) is 11.9. The fourth-order valence-corrected chi connectivity index (χ4v) is 2.70. The third-order valence-corrected chi connectivity index (χ3v) is 4.35. The summed E-state index contributed by atoms with van der Waals surface area (Å²) in [6, 6.07) is 10.9. The van der Waals surface area contributed by atoms with E-state index in [-0.39, 0.29) is 11.3 Å². The molecule has 0 amide bonds. The molecule has 30 heavy (non-hydrogen) atoms. The van der Waals surface area contributed by atoms with Gasteiger partial charge in [-0.15, -0.1) is 0 Å². The highest BCUT2D eigenvalue weighted by molar-refractivity contribution is 5.87. The first kappa shape index (κ1) is 23.3. The van der Waals surface area contributed by atoms with Gasteiger partial charge in [-0.2, -0.15) is 0 Å². The van der Waals surface area contributed by atoms with Crippen molar-refractivity contribution in [3.63, 3.8) is 0 Å². The number of esters is 1. The molecule has 0 fully saturated rings. The lowest BCUT2D eigenvalue weighted by Gasteiger charge is -2.29. The molecule has 0 aliphatic rings. The molecular weight excluding hydrogens is 387 g/mol. The summed E-state index contributed by atoms with van der Waals surface area (Å²) in [5.41, 5.74) is 0.777. The van der Waals surface area contributed by atoms with Crippen LogP contribution in [0.3, 0.4) is 0 Å². The summed E-state index contributed by atoms with van der Waals surface area (Å²) in [6.45, 7) is 13.3. The molecule has 2 aromatic carbocycles. The summed E-state index contributed by atoms with van der Waals surface area (Å²) in [6.07, 6.45) is -2.13. The monoisotopic (exact) mass is 414 g/mol. The molecule has 2 N–H and O–H groups in total. The summed E-state index contributed by atoms with van der Waals surface area (Å²) in [7, 11) is 0. The molecule has 0 spiro atoms. The summed E-state index contributed by atoms with van der Waals surface area (Å²) in [5, 5.41) is 20.1. The Kier molecular flexibility index (Phi) is 7.18. The number of ether oxygens (including phenoxy) is 2. The molecule has 0 aliphatic heterocycles. The minimum Gasteiger partial charge on any atom is -0.461 e. The van der Waals surface area contributed by atoms with Gasteiger partial charge in [0.05, 0.1) is 0 Å². The van der Waals surface area contributed by atoms with Crippen molar-refractivity contribution in [1.82, 2.24) is 0 Å². The molecule has 5 nitrogen and oxygen atoms in total. The van der Waals surface area contributed by atoms with Crippen molar-refractivity contribution in [2.45, 2.75) is 45.7 Å². The molecular formula is C24H27FO5. The van der Waals surface area contributed by atoms with Crippen LogP contribution in [0.4, 0.5) is 4.39 Å². The zero-order valence-electron chi connectivity index (χ0n) is 17.6. The average molecular weight is 414 g/mol. The van der Waals surface area contributed by atoms with Gasteiger partial charge in [-0.25, -0.2) is 9.18 Å². The van der Waals surface area contributed by atoms with Crippen molar-refractivity contribution in [2.24, 2.45) is 0 Å². The van der Waals surface area contributed by atoms with Crippen molar-refractivity contribution in [3.05, 3.63) is 78.1 Å². The van der Waals surface area contributed by atoms with Crippen molar-refractivity contribution in [1.29, 1.82) is 0 Å². The minimum absolute atomic E-state index is 0.178. The van der Waals surface area contributed by atoms with Gasteiger partial charge in [0.1, 0.15) is 17.2 Å². The quantitative estimate of drug-likeness (QED) is 0.283. The largest absolute Gasteiger partial charge is 0.461 e. The Morgan fingerprint density at radius 3 is 2.17 bits per heavy atom. The lowest BCUT2D eigenvalue weighted by atomic mass is 9.93. The first-order valence-corrected chi connectivity index (χ1v) is 9.39. The van der Waals surface area contributed by atoms with Gasteiger partial charge in [0.2, 0.25) is 6.29 Å². The summed E-state index contributed by atoms with van der Waals surface area (Å²) in [5.74, 6) is -0.955. The van der Waals surface area contributed by atoms with Crippen LogP contribution in [0.25, 0.3) is 11.1 Å². The van der Waals surface area contributed by atoms with E-state index < -0.39 is 29.8 Å². The maximum atomic E-state index is 14.6. The molecule has 0 aliphatic carbocycles. The SMILES string of the molecule is C=C(C)C(=O)OC(c1ccc(-c2ccc(OC(O)C(=C)C)cc2F)cc1)C(C)(C)O. The molecule has 6 heteroatoms. The van der Waals surface area contributed by atoms with Crippen LogP contribution in [0.1, 0.15) is 39.4 Å². The molecule has 0 saturated heterocycles. The zero-order valence-corrected chi connectivity index (χ0v) is 17.6. The Balaban J connectivity index is 2.28. The van der Waals surface area contributed by atoms with Crippen LogP contribution in [-0.4, -0.2) is 28.1 Å². The van der Waals surface area contributed by atoms with Crippen molar-refractivity contribution >= 4 is 5.97 Å². The second-order valence-corrected chi connectivity index (χ2v) is 7.80. The summed E-state index contributed by atoms with van der Waals surface area (Å²) >= 11 is 0. The van der Waals surface area contributed by atoms with Crippen molar-refractivity contribution in [2.75, 3.05) is 0 Å². The molecule has 2 aromatic rings. The van der Waals surface area contributed by atoms with Crippen molar-refractivity contribution < 1.29 is 28.9 Å².